The number of nitrogen functional groups attached to an aromatic ring is 1. The Morgan fingerprint density at radius 3 is 2.65 bits per heavy atom. The second kappa shape index (κ2) is 7.24. The van der Waals surface area contributed by atoms with E-state index in [-0.39, 0.29) is 6.04 Å². The van der Waals surface area contributed by atoms with E-state index in [1.54, 1.807) is 18.7 Å². The first-order chi connectivity index (χ1) is 9.29. The predicted molar refractivity (Wildman–Crippen MR) is 78.2 cm³/mol. The Bertz CT molecular complexity index is 565. The minimum atomic E-state index is -4.05. The molecule has 1 unspecified atom stereocenters. The number of rotatable bonds is 7. The number of benzene rings is 1. The summed E-state index contributed by atoms with van der Waals surface area (Å²) in [4.78, 5) is -0.633. The van der Waals surface area contributed by atoms with Crippen LogP contribution in [0.4, 0.5) is 14.5 Å². The topological polar surface area (TPSA) is 72.2 Å². The summed E-state index contributed by atoms with van der Waals surface area (Å²) < 4.78 is 53.2. The minimum Gasteiger partial charge on any atom is -0.394 e. The molecule has 114 valence electrons. The van der Waals surface area contributed by atoms with Gasteiger partial charge in [-0.15, -0.1) is 0 Å². The Morgan fingerprint density at radius 2 is 2.05 bits per heavy atom. The summed E-state index contributed by atoms with van der Waals surface area (Å²) >= 11 is 1.69. The predicted octanol–water partition coefficient (Wildman–Crippen LogP) is 2.36. The van der Waals surface area contributed by atoms with Crippen LogP contribution >= 0.6 is 11.8 Å². The molecule has 8 heteroatoms. The van der Waals surface area contributed by atoms with Crippen LogP contribution in [0, 0.1) is 11.6 Å². The maximum Gasteiger partial charge on any atom is 0.243 e. The van der Waals surface area contributed by atoms with Crippen LogP contribution in [0.15, 0.2) is 17.0 Å². The van der Waals surface area contributed by atoms with Crippen molar-refractivity contribution >= 4 is 27.5 Å². The maximum atomic E-state index is 13.7. The Morgan fingerprint density at radius 1 is 1.40 bits per heavy atom. The molecular weight excluding hydrogens is 306 g/mol. The van der Waals surface area contributed by atoms with Crippen molar-refractivity contribution in [2.75, 3.05) is 17.2 Å². The van der Waals surface area contributed by atoms with Crippen molar-refractivity contribution in [1.29, 1.82) is 0 Å². The van der Waals surface area contributed by atoms with E-state index in [0.29, 0.717) is 6.42 Å². The summed E-state index contributed by atoms with van der Waals surface area (Å²) in [5.74, 6) is -0.488. The monoisotopic (exact) mass is 324 g/mol. The first kappa shape index (κ1) is 17.2. The van der Waals surface area contributed by atoms with Crippen molar-refractivity contribution in [3.8, 4) is 0 Å². The van der Waals surface area contributed by atoms with Gasteiger partial charge in [0.15, 0.2) is 5.82 Å². The van der Waals surface area contributed by atoms with E-state index in [2.05, 4.69) is 4.72 Å². The van der Waals surface area contributed by atoms with Gasteiger partial charge in [-0.2, -0.15) is 11.8 Å². The standard InChI is InChI=1S/C12H18F2N2O2S2/c1-3-19-7-6-8(2)16-20(17,18)10-5-4-9(13)12(15)11(10)14/h4-5,8,16H,3,6-7,15H2,1-2H3. The SMILES string of the molecule is CCSCCC(C)NS(=O)(=O)c1ccc(F)c(N)c1F. The molecule has 0 fully saturated rings. The van der Waals surface area contributed by atoms with Crippen LogP contribution in [0.2, 0.25) is 0 Å². The molecule has 0 aliphatic heterocycles. The lowest BCUT2D eigenvalue weighted by molar-refractivity contribution is 0.535. The average Bonchev–Trinajstić information content (AvgIpc) is 2.35. The normalized spacial score (nSPS) is 13.4. The molecule has 0 heterocycles. The molecule has 3 N–H and O–H groups in total. The fraction of sp³-hybridized carbons (Fsp3) is 0.500. The summed E-state index contributed by atoms with van der Waals surface area (Å²) in [6.45, 7) is 3.70. The quantitative estimate of drug-likeness (QED) is 0.596. The van der Waals surface area contributed by atoms with Gasteiger partial charge in [0, 0.05) is 6.04 Å². The molecule has 20 heavy (non-hydrogen) atoms. The van der Waals surface area contributed by atoms with Crippen LogP contribution in [-0.2, 0) is 10.0 Å². The Kier molecular flexibility index (Phi) is 6.22. The molecule has 0 saturated heterocycles. The number of hydrogen-bond donors (Lipinski definition) is 2. The van der Waals surface area contributed by atoms with E-state index in [0.717, 1.165) is 23.6 Å². The molecule has 1 atom stereocenters. The Balaban J connectivity index is 2.87. The molecule has 0 aromatic heterocycles. The molecule has 1 rings (SSSR count). The van der Waals surface area contributed by atoms with Crippen molar-refractivity contribution in [3.05, 3.63) is 23.8 Å². The first-order valence-electron chi connectivity index (χ1n) is 6.13. The number of sulfonamides is 1. The number of halogens is 2. The zero-order valence-electron chi connectivity index (χ0n) is 11.3. The van der Waals surface area contributed by atoms with Gasteiger partial charge in [0.25, 0.3) is 0 Å². The Hall–Kier alpha value is -0.860. The summed E-state index contributed by atoms with van der Waals surface area (Å²) in [6.07, 6.45) is 0.621. The van der Waals surface area contributed by atoms with E-state index in [1.165, 1.54) is 0 Å². The van der Waals surface area contributed by atoms with E-state index in [4.69, 9.17) is 5.73 Å². The number of nitrogens with two attached hydrogens (primary N) is 1. The second-order valence-corrected chi connectivity index (χ2v) is 7.36. The van der Waals surface area contributed by atoms with Crippen LogP contribution in [-0.4, -0.2) is 26.0 Å². The zero-order chi connectivity index (χ0) is 15.3. The average molecular weight is 324 g/mol. The smallest absolute Gasteiger partial charge is 0.243 e. The molecule has 0 saturated carbocycles. The van der Waals surface area contributed by atoms with E-state index in [9.17, 15) is 17.2 Å². The van der Waals surface area contributed by atoms with Crippen LogP contribution in [0.5, 0.6) is 0 Å². The third-order valence-corrected chi connectivity index (χ3v) is 5.18. The molecule has 0 radical (unpaired) electrons. The number of nitrogens with one attached hydrogen (secondary N) is 1. The van der Waals surface area contributed by atoms with E-state index in [1.807, 2.05) is 6.92 Å². The first-order valence-corrected chi connectivity index (χ1v) is 8.77. The van der Waals surface area contributed by atoms with Gasteiger partial charge in [-0.3, -0.25) is 0 Å². The summed E-state index contributed by atoms with van der Waals surface area (Å²) in [5, 5.41) is 0. The number of thioether (sulfide) groups is 1. The van der Waals surface area contributed by atoms with Crippen LogP contribution in [0.25, 0.3) is 0 Å². The molecule has 1 aromatic rings. The van der Waals surface area contributed by atoms with Gasteiger partial charge in [-0.05, 0) is 37.0 Å². The molecule has 0 bridgehead atoms. The highest BCUT2D eigenvalue weighted by Gasteiger charge is 2.24. The molecule has 4 nitrogen and oxygen atoms in total. The van der Waals surface area contributed by atoms with Gasteiger partial charge in [0.1, 0.15) is 16.4 Å². The van der Waals surface area contributed by atoms with Crippen molar-refractivity contribution in [3.63, 3.8) is 0 Å². The van der Waals surface area contributed by atoms with Gasteiger partial charge in [-0.1, -0.05) is 6.92 Å². The van der Waals surface area contributed by atoms with Crippen molar-refractivity contribution in [2.24, 2.45) is 0 Å². The lowest BCUT2D eigenvalue weighted by atomic mass is 10.3. The van der Waals surface area contributed by atoms with Gasteiger partial charge in [0.05, 0.1) is 0 Å². The Labute approximate surface area is 122 Å². The van der Waals surface area contributed by atoms with Crippen molar-refractivity contribution in [1.82, 2.24) is 4.72 Å². The van der Waals surface area contributed by atoms with Gasteiger partial charge >= 0.3 is 0 Å². The largest absolute Gasteiger partial charge is 0.394 e. The van der Waals surface area contributed by atoms with Gasteiger partial charge in [0.2, 0.25) is 10.0 Å². The van der Waals surface area contributed by atoms with Crippen molar-refractivity contribution < 1.29 is 17.2 Å². The van der Waals surface area contributed by atoms with E-state index >= 15 is 0 Å². The van der Waals surface area contributed by atoms with Gasteiger partial charge in [-0.25, -0.2) is 21.9 Å². The van der Waals surface area contributed by atoms with Gasteiger partial charge < -0.3 is 5.73 Å². The fourth-order valence-corrected chi connectivity index (χ4v) is 3.73. The van der Waals surface area contributed by atoms with Crippen LogP contribution in [0.1, 0.15) is 20.3 Å². The maximum absolute atomic E-state index is 13.7. The highest BCUT2D eigenvalue weighted by molar-refractivity contribution is 7.99. The molecule has 0 amide bonds. The lowest BCUT2D eigenvalue weighted by Gasteiger charge is -2.15. The fourth-order valence-electron chi connectivity index (χ4n) is 1.55. The summed E-state index contributed by atoms with van der Waals surface area (Å²) in [5.41, 5.74) is 4.37. The summed E-state index contributed by atoms with van der Waals surface area (Å²) in [7, 11) is -4.05. The third-order valence-electron chi connectivity index (χ3n) is 2.64. The van der Waals surface area contributed by atoms with Crippen LogP contribution in [0.3, 0.4) is 0 Å². The zero-order valence-corrected chi connectivity index (χ0v) is 13.0. The molecule has 0 aliphatic rings. The minimum absolute atomic E-state index is 0.343. The van der Waals surface area contributed by atoms with Crippen LogP contribution < -0.4 is 10.5 Å². The van der Waals surface area contributed by atoms with E-state index < -0.39 is 32.2 Å². The molecule has 0 spiro atoms. The molecule has 1 aromatic carbocycles. The number of anilines is 1. The molecule has 0 aliphatic carbocycles. The highest BCUT2D eigenvalue weighted by atomic mass is 32.2. The third kappa shape index (κ3) is 4.32. The second-order valence-electron chi connectivity index (χ2n) is 4.28. The van der Waals surface area contributed by atoms with Crippen molar-refractivity contribution in [2.45, 2.75) is 31.2 Å². The lowest BCUT2D eigenvalue weighted by Crippen LogP contribution is -2.33. The summed E-state index contributed by atoms with van der Waals surface area (Å²) in [6, 6.07) is 1.37. The number of hydrogen-bond acceptors (Lipinski definition) is 4. The molecular formula is C12H18F2N2O2S2. The highest BCUT2D eigenvalue weighted by Crippen LogP contribution is 2.23.